The van der Waals surface area contributed by atoms with Gasteiger partial charge in [-0.1, -0.05) is 141 Å². The molecule has 48 heavy (non-hydrogen) atoms. The quantitative estimate of drug-likeness (QED) is 0.0487. The number of carbonyl (C=O) groups excluding carboxylic acids is 2. The van der Waals surface area contributed by atoms with Crippen LogP contribution in [0.2, 0.25) is 0 Å². The Kier molecular flexibility index (Phi) is 37.0. The number of carbonyl (C=O) groups is 2. The van der Waals surface area contributed by atoms with Crippen LogP contribution in [0.1, 0.15) is 220 Å². The van der Waals surface area contributed by atoms with E-state index in [9.17, 15) is 9.59 Å². The van der Waals surface area contributed by atoms with Gasteiger partial charge < -0.3 is 9.80 Å². The second-order valence-corrected chi connectivity index (χ2v) is 14.3. The number of unbranched alkanes of at least 4 members (excludes halogenated alkanes) is 23. The summed E-state index contributed by atoms with van der Waals surface area (Å²) in [5.41, 5.74) is 0. The van der Waals surface area contributed by atoms with Crippen molar-refractivity contribution in [1.29, 1.82) is 0 Å². The molecule has 0 heterocycles. The fourth-order valence-corrected chi connectivity index (χ4v) is 6.53. The Labute approximate surface area is 301 Å². The summed E-state index contributed by atoms with van der Waals surface area (Å²) in [6, 6.07) is 0. The van der Waals surface area contributed by atoms with Crippen LogP contribution in [0.5, 0.6) is 0 Å². The minimum Gasteiger partial charge on any atom is -0.343 e. The SMILES string of the molecule is CCCCCCCC/C=C\CCCCCCCC(=O)N(CC)CCCCN(CC)C(=O)CCCCCCC/C=C\CCCCCCCC. The Balaban J connectivity index is 3.77. The smallest absolute Gasteiger partial charge is 0.222 e. The van der Waals surface area contributed by atoms with E-state index in [2.05, 4.69) is 52.0 Å². The lowest BCUT2D eigenvalue weighted by Gasteiger charge is -2.23. The van der Waals surface area contributed by atoms with Gasteiger partial charge in [0.05, 0.1) is 0 Å². The topological polar surface area (TPSA) is 40.6 Å². The summed E-state index contributed by atoms with van der Waals surface area (Å²) in [7, 11) is 0. The Hall–Kier alpha value is -1.58. The molecule has 282 valence electrons. The summed E-state index contributed by atoms with van der Waals surface area (Å²) in [6.07, 6.45) is 46.2. The molecule has 0 saturated heterocycles. The van der Waals surface area contributed by atoms with Gasteiger partial charge >= 0.3 is 0 Å². The lowest BCUT2D eigenvalue weighted by atomic mass is 10.1. The molecule has 4 nitrogen and oxygen atoms in total. The molecule has 0 atom stereocenters. The zero-order valence-corrected chi connectivity index (χ0v) is 33.1. The third-order valence-electron chi connectivity index (χ3n) is 9.88. The highest BCUT2D eigenvalue weighted by Crippen LogP contribution is 2.13. The first-order valence-electron chi connectivity index (χ1n) is 21.5. The summed E-state index contributed by atoms with van der Waals surface area (Å²) in [6.45, 7) is 11.9. The molecule has 2 amide bonds. The van der Waals surface area contributed by atoms with Crippen molar-refractivity contribution < 1.29 is 9.59 Å². The lowest BCUT2D eigenvalue weighted by molar-refractivity contribution is -0.132. The third-order valence-corrected chi connectivity index (χ3v) is 9.88. The predicted molar refractivity (Wildman–Crippen MR) is 213 cm³/mol. The van der Waals surface area contributed by atoms with Gasteiger partial charge in [-0.2, -0.15) is 0 Å². The van der Waals surface area contributed by atoms with Crippen LogP contribution in [0.4, 0.5) is 0 Å². The number of allylic oxidation sites excluding steroid dienone is 4. The van der Waals surface area contributed by atoms with E-state index in [-0.39, 0.29) is 0 Å². The van der Waals surface area contributed by atoms with Crippen molar-refractivity contribution in [2.24, 2.45) is 0 Å². The minimum atomic E-state index is 0.308. The molecule has 0 fully saturated rings. The van der Waals surface area contributed by atoms with Crippen LogP contribution in [-0.4, -0.2) is 47.8 Å². The first-order valence-corrected chi connectivity index (χ1v) is 21.5. The molecule has 0 rings (SSSR count). The van der Waals surface area contributed by atoms with Gasteiger partial charge in [-0.05, 0) is 90.9 Å². The summed E-state index contributed by atoms with van der Waals surface area (Å²) in [5.74, 6) is 0.616. The van der Waals surface area contributed by atoms with Crippen LogP contribution < -0.4 is 0 Å². The first kappa shape index (κ1) is 46.4. The monoisotopic (exact) mass is 673 g/mol. The van der Waals surface area contributed by atoms with Gasteiger partial charge in [-0.15, -0.1) is 0 Å². The molecule has 0 aliphatic carbocycles. The summed E-state index contributed by atoms with van der Waals surface area (Å²) in [4.78, 5) is 29.6. The molecular formula is C44H84N2O2. The molecule has 0 aromatic heterocycles. The van der Waals surface area contributed by atoms with Crippen molar-refractivity contribution in [2.75, 3.05) is 26.2 Å². The molecule has 0 N–H and O–H groups in total. The highest BCUT2D eigenvalue weighted by molar-refractivity contribution is 5.76. The minimum absolute atomic E-state index is 0.308. The number of hydrogen-bond acceptors (Lipinski definition) is 2. The predicted octanol–water partition coefficient (Wildman–Crippen LogP) is 13.5. The molecule has 0 radical (unpaired) electrons. The van der Waals surface area contributed by atoms with Gasteiger partial charge in [0.1, 0.15) is 0 Å². The van der Waals surface area contributed by atoms with Crippen molar-refractivity contribution in [3.8, 4) is 0 Å². The largest absolute Gasteiger partial charge is 0.343 e. The lowest BCUT2D eigenvalue weighted by Crippen LogP contribution is -2.34. The molecular weight excluding hydrogens is 588 g/mol. The van der Waals surface area contributed by atoms with E-state index in [1.807, 2.05) is 9.80 Å². The Bertz CT molecular complexity index is 684. The highest BCUT2D eigenvalue weighted by atomic mass is 16.2. The maximum absolute atomic E-state index is 12.8. The Morgan fingerprint density at radius 3 is 0.917 bits per heavy atom. The molecule has 0 unspecified atom stereocenters. The molecule has 0 aliphatic heterocycles. The van der Waals surface area contributed by atoms with Crippen LogP contribution in [-0.2, 0) is 9.59 Å². The number of hydrogen-bond donors (Lipinski definition) is 0. The molecule has 0 aliphatic rings. The van der Waals surface area contributed by atoms with E-state index in [0.717, 1.165) is 64.7 Å². The van der Waals surface area contributed by atoms with Crippen LogP contribution >= 0.6 is 0 Å². The van der Waals surface area contributed by atoms with Crippen LogP contribution in [0.3, 0.4) is 0 Å². The second-order valence-electron chi connectivity index (χ2n) is 14.3. The molecule has 4 heteroatoms. The first-order chi connectivity index (χ1) is 23.6. The van der Waals surface area contributed by atoms with E-state index in [4.69, 9.17) is 0 Å². The van der Waals surface area contributed by atoms with Gasteiger partial charge in [0.2, 0.25) is 11.8 Å². The van der Waals surface area contributed by atoms with Crippen LogP contribution in [0.25, 0.3) is 0 Å². The average molecular weight is 673 g/mol. The average Bonchev–Trinajstić information content (AvgIpc) is 3.09. The fraction of sp³-hybridized carbons (Fsp3) is 0.864. The second kappa shape index (κ2) is 38.2. The van der Waals surface area contributed by atoms with Crippen LogP contribution in [0, 0.1) is 0 Å². The van der Waals surface area contributed by atoms with Gasteiger partial charge in [0.25, 0.3) is 0 Å². The van der Waals surface area contributed by atoms with Gasteiger partial charge in [-0.3, -0.25) is 9.59 Å². The zero-order chi connectivity index (χ0) is 35.2. The van der Waals surface area contributed by atoms with E-state index < -0.39 is 0 Å². The van der Waals surface area contributed by atoms with Gasteiger partial charge in [-0.25, -0.2) is 0 Å². The van der Waals surface area contributed by atoms with Crippen LogP contribution in [0.15, 0.2) is 24.3 Å². The van der Waals surface area contributed by atoms with E-state index in [1.54, 1.807) is 0 Å². The normalized spacial score (nSPS) is 11.7. The molecule has 0 saturated carbocycles. The highest BCUT2D eigenvalue weighted by Gasteiger charge is 2.13. The number of amides is 2. The number of rotatable bonds is 37. The van der Waals surface area contributed by atoms with E-state index in [0.29, 0.717) is 24.7 Å². The molecule has 0 bridgehead atoms. The van der Waals surface area contributed by atoms with E-state index in [1.165, 1.54) is 141 Å². The zero-order valence-electron chi connectivity index (χ0n) is 33.1. The van der Waals surface area contributed by atoms with Crippen molar-refractivity contribution >= 4 is 11.8 Å². The van der Waals surface area contributed by atoms with Crippen molar-refractivity contribution in [3.63, 3.8) is 0 Å². The maximum atomic E-state index is 12.8. The van der Waals surface area contributed by atoms with Crippen molar-refractivity contribution in [1.82, 2.24) is 9.80 Å². The van der Waals surface area contributed by atoms with Crippen molar-refractivity contribution in [3.05, 3.63) is 24.3 Å². The molecule has 0 spiro atoms. The third kappa shape index (κ3) is 31.7. The summed E-state index contributed by atoms with van der Waals surface area (Å²) < 4.78 is 0. The standard InChI is InChI=1S/C44H84N2O2/c1-5-9-11-13-15-17-19-21-23-25-27-29-31-33-35-39-43(47)45(7-3)41-37-38-42-46(8-4)44(48)40-36-34-32-30-28-26-24-22-20-18-16-14-12-10-6-2/h21-24H,5-20,25-42H2,1-4H3/b23-21-,24-22-. The summed E-state index contributed by atoms with van der Waals surface area (Å²) in [5, 5.41) is 0. The fourth-order valence-electron chi connectivity index (χ4n) is 6.53. The molecule has 0 aromatic carbocycles. The molecule has 0 aromatic rings. The Morgan fingerprint density at radius 2 is 0.625 bits per heavy atom. The van der Waals surface area contributed by atoms with Gasteiger partial charge in [0, 0.05) is 39.0 Å². The van der Waals surface area contributed by atoms with E-state index >= 15 is 0 Å². The summed E-state index contributed by atoms with van der Waals surface area (Å²) >= 11 is 0. The number of nitrogens with zero attached hydrogens (tertiary/aromatic N) is 2. The van der Waals surface area contributed by atoms with Crippen molar-refractivity contribution in [2.45, 2.75) is 220 Å². The van der Waals surface area contributed by atoms with Gasteiger partial charge in [0.15, 0.2) is 0 Å². The maximum Gasteiger partial charge on any atom is 0.222 e. The Morgan fingerprint density at radius 1 is 0.354 bits per heavy atom.